The first-order chi connectivity index (χ1) is 8.18. The predicted octanol–water partition coefficient (Wildman–Crippen LogP) is 1.26. The number of aliphatic carboxylic acids is 1. The van der Waals surface area contributed by atoms with Crippen molar-refractivity contribution in [3.63, 3.8) is 0 Å². The van der Waals surface area contributed by atoms with Gasteiger partial charge in [-0.1, -0.05) is 5.28 Å². The molecular formula is C12H25AlO5. The molecule has 1 N–H and O–H groups in total. The molecule has 0 rings (SSSR count). The number of ketones is 1. The molecule has 6 heteroatoms. The summed E-state index contributed by atoms with van der Waals surface area (Å²) in [5.74, 6) is -1.37. The highest BCUT2D eigenvalue weighted by Crippen LogP contribution is 2.06. The molecule has 0 spiro atoms. The molecule has 0 atom stereocenters. The third kappa shape index (κ3) is 18.0. The van der Waals surface area contributed by atoms with Crippen LogP contribution in [0.3, 0.4) is 0 Å². The van der Waals surface area contributed by atoms with Crippen molar-refractivity contribution in [1.29, 1.82) is 0 Å². The highest BCUT2D eigenvalue weighted by molar-refractivity contribution is 6.08. The Morgan fingerprint density at radius 1 is 1.11 bits per heavy atom. The number of ether oxygens (including phenoxy) is 2. The molecule has 0 amide bonds. The Balaban J connectivity index is 0. The number of hydrogen-bond donors (Lipinski definition) is 1. The molecule has 0 bridgehead atoms. The second-order valence-corrected chi connectivity index (χ2v) is 5.30. The molecule has 0 saturated carbocycles. The topological polar surface area (TPSA) is 72.8 Å². The van der Waals surface area contributed by atoms with Gasteiger partial charge in [-0.2, -0.15) is 0 Å². The van der Waals surface area contributed by atoms with E-state index in [0.717, 1.165) is 21.6 Å². The molecule has 18 heavy (non-hydrogen) atoms. The van der Waals surface area contributed by atoms with Crippen LogP contribution in [-0.2, 0) is 19.1 Å². The van der Waals surface area contributed by atoms with Crippen LogP contribution in [0.5, 0.6) is 0 Å². The third-order valence-corrected chi connectivity index (χ3v) is 2.25. The number of carboxylic acid groups (broad SMARTS) is 1. The second kappa shape index (κ2) is 11.7. The van der Waals surface area contributed by atoms with Gasteiger partial charge in [-0.3, -0.25) is 9.59 Å². The van der Waals surface area contributed by atoms with Crippen LogP contribution in [0.2, 0.25) is 5.28 Å². The van der Waals surface area contributed by atoms with Crippen molar-refractivity contribution in [1.82, 2.24) is 0 Å². The molecule has 5 nitrogen and oxygen atoms in total. The molecule has 0 aromatic rings. The summed E-state index contributed by atoms with van der Waals surface area (Å²) in [7, 11) is 0. The van der Waals surface area contributed by atoms with E-state index in [-0.39, 0.29) is 30.7 Å². The van der Waals surface area contributed by atoms with Gasteiger partial charge < -0.3 is 14.6 Å². The number of carbonyl (C=O) groups excluding carboxylic acids is 1. The fraction of sp³-hybridized carbons (Fsp3) is 0.833. The molecule has 0 saturated heterocycles. The van der Waals surface area contributed by atoms with Gasteiger partial charge in [0.25, 0.3) is 0 Å². The van der Waals surface area contributed by atoms with Gasteiger partial charge in [0.05, 0.1) is 12.2 Å². The monoisotopic (exact) mass is 276 g/mol. The SMILES string of the molecule is CC(=O)CC(=O)O.CC(C)OC([CH2][AlH2])OC(C)C. The van der Waals surface area contributed by atoms with Gasteiger partial charge in [0.1, 0.15) is 18.5 Å². The maximum absolute atomic E-state index is 9.87. The molecule has 0 heterocycles. The quantitative estimate of drug-likeness (QED) is 0.430. The minimum Gasteiger partial charge on any atom is -0.481 e. The largest absolute Gasteiger partial charge is 0.481 e. The van der Waals surface area contributed by atoms with Crippen LogP contribution in [0.4, 0.5) is 0 Å². The molecule has 0 aromatic heterocycles. The Kier molecular flexibility index (Phi) is 12.9. The molecule has 0 aliphatic carbocycles. The van der Waals surface area contributed by atoms with Crippen LogP contribution < -0.4 is 0 Å². The van der Waals surface area contributed by atoms with Crippen LogP contribution in [-0.4, -0.2) is 51.6 Å². The zero-order chi connectivity index (χ0) is 14.7. The van der Waals surface area contributed by atoms with Crippen LogP contribution >= 0.6 is 0 Å². The van der Waals surface area contributed by atoms with Gasteiger partial charge in [-0.15, -0.1) is 0 Å². The summed E-state index contributed by atoms with van der Waals surface area (Å²) in [6.07, 6.45) is 0.210. The molecule has 0 fully saturated rings. The number of Topliss-reactive ketones (excluding diaryl/α,β-unsaturated/α-hetero) is 1. The van der Waals surface area contributed by atoms with Crippen molar-refractivity contribution in [3.8, 4) is 0 Å². The van der Waals surface area contributed by atoms with Gasteiger partial charge >= 0.3 is 5.97 Å². The normalized spacial score (nSPS) is 10.4. The number of carbonyl (C=O) groups is 2. The highest BCUT2D eigenvalue weighted by Gasteiger charge is 2.09. The van der Waals surface area contributed by atoms with E-state index < -0.39 is 5.97 Å². The summed E-state index contributed by atoms with van der Waals surface area (Å²) < 4.78 is 11.0. The van der Waals surface area contributed by atoms with E-state index in [1.807, 2.05) is 27.7 Å². The van der Waals surface area contributed by atoms with Gasteiger partial charge in [-0.25, -0.2) is 0 Å². The minimum absolute atomic E-state index is 0.0293. The van der Waals surface area contributed by atoms with E-state index in [1.54, 1.807) is 0 Å². The van der Waals surface area contributed by atoms with Crippen molar-refractivity contribution < 1.29 is 24.2 Å². The second-order valence-electron chi connectivity index (χ2n) is 4.48. The van der Waals surface area contributed by atoms with Crippen molar-refractivity contribution in [2.75, 3.05) is 0 Å². The number of carboxylic acids is 1. The summed E-state index contributed by atoms with van der Waals surface area (Å²) >= 11 is 1.13. The van der Waals surface area contributed by atoms with Crippen molar-refractivity contribution in [3.05, 3.63) is 0 Å². The molecule has 0 aliphatic rings. The number of rotatable bonds is 7. The summed E-state index contributed by atoms with van der Waals surface area (Å²) in [4.78, 5) is 19.5. The van der Waals surface area contributed by atoms with Gasteiger partial charge in [0, 0.05) is 0 Å². The summed E-state index contributed by atoms with van der Waals surface area (Å²) in [6, 6.07) is 0. The molecule has 0 radical (unpaired) electrons. The summed E-state index contributed by atoms with van der Waals surface area (Å²) in [5, 5.41) is 8.91. The van der Waals surface area contributed by atoms with Crippen LogP contribution in [0.25, 0.3) is 0 Å². The van der Waals surface area contributed by atoms with E-state index in [2.05, 4.69) is 0 Å². The predicted molar refractivity (Wildman–Crippen MR) is 72.5 cm³/mol. The lowest BCUT2D eigenvalue weighted by Crippen LogP contribution is -2.23. The van der Waals surface area contributed by atoms with Gasteiger partial charge in [0.15, 0.2) is 0 Å². The third-order valence-electron chi connectivity index (χ3n) is 1.58. The Morgan fingerprint density at radius 2 is 1.50 bits per heavy atom. The van der Waals surface area contributed by atoms with Crippen LogP contribution in [0.15, 0.2) is 0 Å². The zero-order valence-corrected chi connectivity index (χ0v) is 14.2. The Labute approximate surface area is 117 Å². The zero-order valence-electron chi connectivity index (χ0n) is 12.2. The molecule has 0 aromatic carbocycles. The van der Waals surface area contributed by atoms with Gasteiger partial charge in [-0.05, 0) is 34.6 Å². The minimum atomic E-state index is -1.06. The Hall–Kier alpha value is -0.408. The highest BCUT2D eigenvalue weighted by atomic mass is 27.0. The van der Waals surface area contributed by atoms with Crippen LogP contribution in [0.1, 0.15) is 41.0 Å². The van der Waals surface area contributed by atoms with E-state index >= 15 is 0 Å². The van der Waals surface area contributed by atoms with Crippen molar-refractivity contribution in [2.24, 2.45) is 0 Å². The maximum atomic E-state index is 9.87. The standard InChI is InChI=1S/C8H17O2.C4H6O3.Al.2H/c1-6(2)9-8(5)10-7(3)4;1-3(5)2-4(6)7;;;/h6-8H,5H2,1-4H3;2H2,1H3,(H,6,7);;;. The van der Waals surface area contributed by atoms with Crippen LogP contribution in [0, 0.1) is 0 Å². The smallest absolute Gasteiger partial charge is 0.310 e. The van der Waals surface area contributed by atoms with E-state index in [4.69, 9.17) is 14.6 Å². The summed E-state index contributed by atoms with van der Waals surface area (Å²) in [6.45, 7) is 9.39. The Bertz CT molecular complexity index is 219. The first kappa shape index (κ1) is 19.9. The fourth-order valence-electron chi connectivity index (χ4n) is 1.04. The van der Waals surface area contributed by atoms with Gasteiger partial charge in [0.2, 0.25) is 16.3 Å². The molecular weight excluding hydrogens is 251 g/mol. The molecule has 0 aliphatic heterocycles. The van der Waals surface area contributed by atoms with Crippen molar-refractivity contribution >= 4 is 28.0 Å². The number of hydrogen-bond acceptors (Lipinski definition) is 4. The van der Waals surface area contributed by atoms with Crippen molar-refractivity contribution in [2.45, 2.75) is 64.8 Å². The average molecular weight is 276 g/mol. The van der Waals surface area contributed by atoms with E-state index in [1.165, 1.54) is 6.92 Å². The first-order valence-electron chi connectivity index (χ1n) is 6.21. The summed E-state index contributed by atoms with van der Waals surface area (Å²) in [5.41, 5.74) is 0. The first-order valence-corrected chi connectivity index (χ1v) is 7.62. The lowest BCUT2D eigenvalue weighted by Gasteiger charge is -2.21. The maximum Gasteiger partial charge on any atom is 0.310 e. The lowest BCUT2D eigenvalue weighted by molar-refractivity contribution is -0.169. The lowest BCUT2D eigenvalue weighted by atomic mass is 10.3. The average Bonchev–Trinajstić information content (AvgIpc) is 2.13. The molecule has 0 unspecified atom stereocenters. The molecule has 106 valence electrons. The van der Waals surface area contributed by atoms with E-state index in [0.29, 0.717) is 0 Å². The van der Waals surface area contributed by atoms with E-state index in [9.17, 15) is 9.59 Å². The Morgan fingerprint density at radius 3 is 1.61 bits per heavy atom. The fourth-order valence-corrected chi connectivity index (χ4v) is 1.43.